The summed E-state index contributed by atoms with van der Waals surface area (Å²) in [6.45, 7) is 13.4. The van der Waals surface area contributed by atoms with E-state index in [4.69, 9.17) is 9.97 Å². The Hall–Kier alpha value is -7.37. The molecule has 1 aliphatic heterocycles. The van der Waals surface area contributed by atoms with E-state index < -0.39 is 5.82 Å². The van der Waals surface area contributed by atoms with Gasteiger partial charge in [0.15, 0.2) is 0 Å². The zero-order valence-corrected chi connectivity index (χ0v) is 37.7. The van der Waals surface area contributed by atoms with Gasteiger partial charge < -0.3 is 10.0 Å². The number of fused-ring (bicyclic) bond motifs is 3. The van der Waals surface area contributed by atoms with Crippen LogP contribution in [0.5, 0.6) is 5.75 Å². The van der Waals surface area contributed by atoms with Crippen molar-refractivity contribution < 1.29 is 9.50 Å². The molecule has 0 fully saturated rings. The highest BCUT2D eigenvalue weighted by molar-refractivity contribution is 5.91. The Morgan fingerprint density at radius 3 is 1.86 bits per heavy atom. The molecule has 5 heteroatoms. The minimum atomic E-state index is -0.432. The van der Waals surface area contributed by atoms with Crippen LogP contribution in [0.2, 0.25) is 0 Å². The number of benzene rings is 6. The maximum absolute atomic E-state index is 16.1. The molecule has 0 amide bonds. The Kier molecular flexibility index (Phi) is 10.5. The molecule has 2 aliphatic rings. The molecule has 320 valence electrons. The van der Waals surface area contributed by atoms with Gasteiger partial charge in [0.05, 0.1) is 34.4 Å². The van der Waals surface area contributed by atoms with E-state index in [0.717, 1.165) is 44.8 Å². The molecule has 3 heterocycles. The number of phenolic OH excluding ortho intramolecular Hbond substituents is 1. The quantitative estimate of drug-likeness (QED) is 0.174. The molecule has 2 atom stereocenters. The lowest BCUT2D eigenvalue weighted by atomic mass is 9.79. The molecule has 1 N–H and O–H groups in total. The first-order valence-corrected chi connectivity index (χ1v) is 22.5. The Morgan fingerprint density at radius 2 is 1.14 bits per heavy atom. The topological polar surface area (TPSA) is 49.2 Å². The van der Waals surface area contributed by atoms with Crippen molar-refractivity contribution in [3.8, 4) is 72.9 Å². The second-order valence-electron chi connectivity index (χ2n) is 19.4. The van der Waals surface area contributed by atoms with Crippen LogP contribution in [0.3, 0.4) is 0 Å². The van der Waals surface area contributed by atoms with Crippen LogP contribution in [0, 0.1) is 5.82 Å². The van der Waals surface area contributed by atoms with E-state index in [-0.39, 0.29) is 28.5 Å². The minimum absolute atomic E-state index is 0.0426. The number of allylic oxidation sites excluding steroid dienone is 2. The van der Waals surface area contributed by atoms with Gasteiger partial charge in [-0.2, -0.15) is 0 Å². The highest BCUT2D eigenvalue weighted by atomic mass is 19.1. The number of nitrogens with zero attached hydrogens (tertiary/aromatic N) is 3. The predicted molar refractivity (Wildman–Crippen MR) is 267 cm³/mol. The van der Waals surface area contributed by atoms with Crippen LogP contribution >= 0.6 is 0 Å². The number of aromatic hydroxyl groups is 1. The van der Waals surface area contributed by atoms with Crippen molar-refractivity contribution in [3.63, 3.8) is 0 Å². The van der Waals surface area contributed by atoms with Crippen molar-refractivity contribution in [3.05, 3.63) is 211 Å². The van der Waals surface area contributed by atoms with E-state index in [1.165, 1.54) is 34.5 Å². The minimum Gasteiger partial charge on any atom is -0.507 e. The maximum atomic E-state index is 16.1. The van der Waals surface area contributed by atoms with Gasteiger partial charge in [-0.05, 0) is 104 Å². The fourth-order valence-corrected chi connectivity index (χ4v) is 9.44. The summed E-state index contributed by atoms with van der Waals surface area (Å²) in [5, 5.41) is 11.6. The molecule has 4 nitrogen and oxygen atoms in total. The van der Waals surface area contributed by atoms with Crippen molar-refractivity contribution in [1.82, 2.24) is 9.97 Å². The smallest absolute Gasteiger partial charge is 0.131 e. The monoisotopic (exact) mass is 849 g/mol. The van der Waals surface area contributed by atoms with Gasteiger partial charge in [-0.1, -0.05) is 169 Å². The van der Waals surface area contributed by atoms with Gasteiger partial charge in [0.25, 0.3) is 0 Å². The number of aromatic nitrogens is 2. The fourth-order valence-electron chi connectivity index (χ4n) is 9.44. The Labute approximate surface area is 382 Å². The van der Waals surface area contributed by atoms with Gasteiger partial charge in [-0.15, -0.1) is 0 Å². The average Bonchev–Trinajstić information content (AvgIpc) is 3.66. The van der Waals surface area contributed by atoms with E-state index >= 15 is 4.39 Å². The van der Waals surface area contributed by atoms with E-state index in [0.29, 0.717) is 28.1 Å². The highest BCUT2D eigenvalue weighted by Crippen LogP contribution is 2.52. The lowest BCUT2D eigenvalue weighted by Gasteiger charge is -2.29. The molecule has 0 bridgehead atoms. The lowest BCUT2D eigenvalue weighted by Crippen LogP contribution is -2.28. The van der Waals surface area contributed by atoms with Crippen LogP contribution in [0.15, 0.2) is 188 Å². The second-order valence-corrected chi connectivity index (χ2v) is 19.4. The molecule has 0 spiro atoms. The summed E-state index contributed by atoms with van der Waals surface area (Å²) in [7, 11) is 0. The van der Waals surface area contributed by atoms with E-state index in [1.54, 1.807) is 0 Å². The van der Waals surface area contributed by atoms with Crippen LogP contribution in [0.1, 0.15) is 64.2 Å². The Balaban J connectivity index is 1.13. The van der Waals surface area contributed by atoms with Crippen LogP contribution in [-0.2, 0) is 10.8 Å². The summed E-state index contributed by atoms with van der Waals surface area (Å²) in [5.74, 6) is -0.229. The third kappa shape index (κ3) is 7.86. The summed E-state index contributed by atoms with van der Waals surface area (Å²) in [4.78, 5) is 12.7. The van der Waals surface area contributed by atoms with Crippen LogP contribution in [0.4, 0.5) is 15.8 Å². The molecule has 65 heavy (non-hydrogen) atoms. The van der Waals surface area contributed by atoms with E-state index in [2.05, 4.69) is 174 Å². The number of hydrogen-bond acceptors (Lipinski definition) is 4. The number of anilines is 2. The zero-order chi connectivity index (χ0) is 45.0. The molecule has 0 radical (unpaired) electrons. The first-order valence-electron chi connectivity index (χ1n) is 22.5. The normalized spacial score (nSPS) is 15.5. The van der Waals surface area contributed by atoms with Gasteiger partial charge in [-0.3, -0.25) is 4.98 Å². The van der Waals surface area contributed by atoms with Crippen molar-refractivity contribution >= 4 is 11.4 Å². The van der Waals surface area contributed by atoms with E-state index in [9.17, 15) is 5.11 Å². The first-order chi connectivity index (χ1) is 31.3. The molecule has 2 aromatic heterocycles. The van der Waals surface area contributed by atoms with Crippen LogP contribution < -0.4 is 4.90 Å². The SMILES string of the molecule is CC(C)(C)c1cc(-c2cc(-c3cccc(-c4cc(-c5cccc6c5N(c5ccccc5)C5C=CC=CC65)ccn4)c3)nc(-c3c(O)ccc(F)c3-c3ccccc3)c2)cc(C(C)(C)C)c1. The number of para-hydroxylation sites is 2. The van der Waals surface area contributed by atoms with Gasteiger partial charge in [0.2, 0.25) is 0 Å². The average molecular weight is 850 g/mol. The van der Waals surface area contributed by atoms with Gasteiger partial charge in [0, 0.05) is 40.1 Å². The molecule has 6 aromatic carbocycles. The number of rotatable bonds is 7. The summed E-state index contributed by atoms with van der Waals surface area (Å²) in [5.41, 5.74) is 15.2. The molecule has 0 saturated heterocycles. The largest absolute Gasteiger partial charge is 0.507 e. The van der Waals surface area contributed by atoms with Crippen molar-refractivity contribution in [2.75, 3.05) is 4.90 Å². The number of phenols is 1. The van der Waals surface area contributed by atoms with Gasteiger partial charge >= 0.3 is 0 Å². The summed E-state index contributed by atoms with van der Waals surface area (Å²) in [6, 6.07) is 53.2. The molecule has 0 saturated carbocycles. The standard InChI is InChI=1S/C60H52FN3O/c1-59(2,3)44-32-42(33-45(37-44)60(4,5)6)43-35-52(63-53(36-43)57-55(65)28-27-50(61)56(57)38-17-9-7-10-18-38)41-20-15-19-40(31-41)51-34-39(29-30-62-51)47-24-16-25-49-48-23-13-14-26-54(48)64(58(47)49)46-21-11-8-12-22-46/h7-37,48,54,65H,1-6H3. The van der Waals surface area contributed by atoms with Crippen LogP contribution in [0.25, 0.3) is 67.2 Å². The van der Waals surface area contributed by atoms with Crippen molar-refractivity contribution in [1.29, 1.82) is 0 Å². The molecular weight excluding hydrogens is 798 g/mol. The lowest BCUT2D eigenvalue weighted by molar-refractivity contribution is 0.475. The summed E-state index contributed by atoms with van der Waals surface area (Å²) in [6.07, 6.45) is 10.8. The van der Waals surface area contributed by atoms with Crippen molar-refractivity contribution in [2.24, 2.45) is 0 Å². The number of pyridine rings is 2. The second kappa shape index (κ2) is 16.3. The number of halogens is 1. The van der Waals surface area contributed by atoms with Crippen molar-refractivity contribution in [2.45, 2.75) is 64.3 Å². The fraction of sp³-hybridized carbons (Fsp3) is 0.167. The first kappa shape index (κ1) is 41.6. The maximum Gasteiger partial charge on any atom is 0.131 e. The van der Waals surface area contributed by atoms with Crippen LogP contribution in [-0.4, -0.2) is 21.1 Å². The Bertz CT molecular complexity index is 3120. The summed E-state index contributed by atoms with van der Waals surface area (Å²) >= 11 is 0. The third-order valence-electron chi connectivity index (χ3n) is 12.9. The third-order valence-corrected chi connectivity index (χ3v) is 12.9. The molecule has 2 unspecified atom stereocenters. The molecular formula is C60H52FN3O. The highest BCUT2D eigenvalue weighted by Gasteiger charge is 2.39. The van der Waals surface area contributed by atoms with Gasteiger partial charge in [-0.25, -0.2) is 9.37 Å². The Morgan fingerprint density at radius 1 is 0.523 bits per heavy atom. The van der Waals surface area contributed by atoms with E-state index in [1.807, 2.05) is 48.7 Å². The zero-order valence-electron chi connectivity index (χ0n) is 37.7. The molecule has 8 aromatic rings. The number of hydrogen-bond donors (Lipinski definition) is 1. The summed E-state index contributed by atoms with van der Waals surface area (Å²) < 4.78 is 16.1. The van der Waals surface area contributed by atoms with Gasteiger partial charge in [0.1, 0.15) is 11.6 Å². The molecule has 1 aliphatic carbocycles. The molecule has 10 rings (SSSR count). The predicted octanol–water partition coefficient (Wildman–Crippen LogP) is 15.6.